The molecule has 1 heterocycles. The van der Waals surface area contributed by atoms with Crippen LogP contribution in [0.25, 0.3) is 11.1 Å². The lowest BCUT2D eigenvalue weighted by atomic mass is 9.77. The number of fused-ring (bicyclic) bond motifs is 1. The number of carbonyl (C=O) groups is 1. The minimum atomic E-state index is -0.689. The molecule has 0 bridgehead atoms. The van der Waals surface area contributed by atoms with Gasteiger partial charge in [-0.25, -0.2) is 4.79 Å². The smallest absolute Gasteiger partial charge is 0.405 e. The number of benzene rings is 1. The highest BCUT2D eigenvalue weighted by molar-refractivity contribution is 7.08. The van der Waals surface area contributed by atoms with Crippen molar-refractivity contribution in [3.63, 3.8) is 0 Å². The van der Waals surface area contributed by atoms with Crippen LogP contribution in [0.15, 0.2) is 35.0 Å². The first-order valence-corrected chi connectivity index (χ1v) is 8.65. The van der Waals surface area contributed by atoms with Gasteiger partial charge in [0.25, 0.3) is 0 Å². The third kappa shape index (κ3) is 2.41. The second-order valence-corrected chi connectivity index (χ2v) is 6.77. The summed E-state index contributed by atoms with van der Waals surface area (Å²) in [6.45, 7) is 4.32. The van der Waals surface area contributed by atoms with Crippen molar-refractivity contribution < 1.29 is 9.53 Å². The van der Waals surface area contributed by atoms with E-state index in [2.05, 4.69) is 48.9 Å². The molecule has 0 saturated carbocycles. The van der Waals surface area contributed by atoms with Crippen LogP contribution in [0.3, 0.4) is 0 Å². The lowest BCUT2D eigenvalue weighted by Crippen LogP contribution is -2.30. The summed E-state index contributed by atoms with van der Waals surface area (Å²) in [4.78, 5) is 11.3. The SMILES string of the molecule is CCC1(CC)Cc2cc(-c3ccsc3)ccc2C1OC(N)=O. The van der Waals surface area contributed by atoms with Crippen LogP contribution < -0.4 is 5.73 Å². The third-order valence-electron chi connectivity index (χ3n) is 5.02. The second-order valence-electron chi connectivity index (χ2n) is 5.99. The van der Waals surface area contributed by atoms with Crippen LogP contribution >= 0.6 is 11.3 Å². The maximum atomic E-state index is 11.3. The van der Waals surface area contributed by atoms with Crippen LogP contribution in [-0.2, 0) is 11.2 Å². The fraction of sp³-hybridized carbons (Fsp3) is 0.389. The molecule has 4 heteroatoms. The first kappa shape index (κ1) is 15.1. The number of nitrogens with two attached hydrogens (primary N) is 1. The Balaban J connectivity index is 2.03. The lowest BCUT2D eigenvalue weighted by molar-refractivity contribution is 0.0140. The van der Waals surface area contributed by atoms with E-state index in [0.717, 1.165) is 24.8 Å². The van der Waals surface area contributed by atoms with E-state index in [1.165, 1.54) is 16.7 Å². The van der Waals surface area contributed by atoms with Crippen LogP contribution in [0, 0.1) is 5.41 Å². The van der Waals surface area contributed by atoms with Gasteiger partial charge in [0.2, 0.25) is 0 Å². The monoisotopic (exact) mass is 315 g/mol. The third-order valence-corrected chi connectivity index (χ3v) is 5.70. The number of amides is 1. The highest BCUT2D eigenvalue weighted by Gasteiger charge is 2.46. The Kier molecular flexibility index (Phi) is 3.96. The number of hydrogen-bond acceptors (Lipinski definition) is 3. The first-order valence-electron chi connectivity index (χ1n) is 7.71. The molecular formula is C18H21NO2S. The highest BCUT2D eigenvalue weighted by atomic mass is 32.1. The van der Waals surface area contributed by atoms with E-state index >= 15 is 0 Å². The molecule has 22 heavy (non-hydrogen) atoms. The van der Waals surface area contributed by atoms with Gasteiger partial charge < -0.3 is 10.5 Å². The standard InChI is InChI=1S/C18H21NO2S/c1-3-18(4-2)10-14-9-12(13-7-8-22-11-13)5-6-15(14)16(18)21-17(19)20/h5-9,11,16H,3-4,10H2,1-2H3,(H2,19,20). The van der Waals surface area contributed by atoms with Gasteiger partial charge in [-0.1, -0.05) is 32.0 Å². The Hall–Kier alpha value is -1.81. The van der Waals surface area contributed by atoms with Crippen molar-refractivity contribution in [1.29, 1.82) is 0 Å². The minimum Gasteiger partial charge on any atom is -0.441 e. The fourth-order valence-electron chi connectivity index (χ4n) is 3.60. The van der Waals surface area contributed by atoms with Crippen molar-refractivity contribution in [1.82, 2.24) is 0 Å². The minimum absolute atomic E-state index is 0.0371. The second kappa shape index (κ2) is 5.76. The Bertz CT molecular complexity index is 674. The molecule has 0 aliphatic heterocycles. The topological polar surface area (TPSA) is 52.3 Å². The summed E-state index contributed by atoms with van der Waals surface area (Å²) in [6.07, 6.45) is 1.94. The summed E-state index contributed by atoms with van der Waals surface area (Å²) in [5.41, 5.74) is 10.1. The quantitative estimate of drug-likeness (QED) is 0.871. The molecule has 1 atom stereocenters. The average Bonchev–Trinajstić information content (AvgIpc) is 3.13. The summed E-state index contributed by atoms with van der Waals surface area (Å²) in [6, 6.07) is 8.58. The van der Waals surface area contributed by atoms with Gasteiger partial charge in [0, 0.05) is 5.41 Å². The van der Waals surface area contributed by atoms with Gasteiger partial charge >= 0.3 is 6.09 Å². The van der Waals surface area contributed by atoms with Crippen molar-refractivity contribution in [2.75, 3.05) is 0 Å². The number of carbonyl (C=O) groups excluding carboxylic acids is 1. The Labute approximate surface area is 135 Å². The molecule has 0 fully saturated rings. The zero-order valence-corrected chi connectivity index (χ0v) is 13.8. The van der Waals surface area contributed by atoms with E-state index in [0.29, 0.717) is 0 Å². The molecule has 1 aliphatic rings. The van der Waals surface area contributed by atoms with Gasteiger partial charge in [-0.3, -0.25) is 0 Å². The molecule has 116 valence electrons. The van der Waals surface area contributed by atoms with Gasteiger partial charge in [-0.2, -0.15) is 11.3 Å². The molecule has 1 aliphatic carbocycles. The Morgan fingerprint density at radius 1 is 1.32 bits per heavy atom. The molecule has 0 radical (unpaired) electrons. The molecule has 1 amide bonds. The maximum absolute atomic E-state index is 11.3. The maximum Gasteiger partial charge on any atom is 0.405 e. The Morgan fingerprint density at radius 2 is 2.09 bits per heavy atom. The number of ether oxygens (including phenoxy) is 1. The van der Waals surface area contributed by atoms with E-state index in [1.807, 2.05) is 0 Å². The predicted octanol–water partition coefficient (Wildman–Crippen LogP) is 4.91. The molecule has 1 aromatic heterocycles. The zero-order valence-electron chi connectivity index (χ0n) is 13.0. The number of primary amides is 1. The van der Waals surface area contributed by atoms with Crippen LogP contribution in [0.2, 0.25) is 0 Å². The summed E-state index contributed by atoms with van der Waals surface area (Å²) >= 11 is 1.70. The van der Waals surface area contributed by atoms with Crippen molar-refractivity contribution in [3.8, 4) is 11.1 Å². The van der Waals surface area contributed by atoms with E-state index in [4.69, 9.17) is 10.5 Å². The summed E-state index contributed by atoms with van der Waals surface area (Å²) in [5.74, 6) is 0. The average molecular weight is 315 g/mol. The molecule has 0 spiro atoms. The van der Waals surface area contributed by atoms with Crippen molar-refractivity contribution in [2.45, 2.75) is 39.2 Å². The molecule has 0 saturated heterocycles. The molecule has 1 unspecified atom stereocenters. The normalized spacial score (nSPS) is 18.9. The molecule has 3 rings (SSSR count). The van der Waals surface area contributed by atoms with Crippen LogP contribution in [0.4, 0.5) is 4.79 Å². The van der Waals surface area contributed by atoms with Gasteiger partial charge in [-0.05, 0) is 58.3 Å². The van der Waals surface area contributed by atoms with Crippen LogP contribution in [0.5, 0.6) is 0 Å². The van der Waals surface area contributed by atoms with E-state index < -0.39 is 6.09 Å². The van der Waals surface area contributed by atoms with E-state index in [1.54, 1.807) is 11.3 Å². The molecule has 2 aromatic rings. The largest absolute Gasteiger partial charge is 0.441 e. The lowest BCUT2D eigenvalue weighted by Gasteiger charge is -2.32. The molecule has 2 N–H and O–H groups in total. The summed E-state index contributed by atoms with van der Waals surface area (Å²) in [7, 11) is 0. The molecular weight excluding hydrogens is 294 g/mol. The fourth-order valence-corrected chi connectivity index (χ4v) is 4.27. The molecule has 3 nitrogen and oxygen atoms in total. The van der Waals surface area contributed by atoms with Crippen LogP contribution in [-0.4, -0.2) is 6.09 Å². The van der Waals surface area contributed by atoms with E-state index in [9.17, 15) is 4.79 Å². The van der Waals surface area contributed by atoms with Gasteiger partial charge in [0.05, 0.1) is 0 Å². The van der Waals surface area contributed by atoms with Crippen LogP contribution in [0.1, 0.15) is 43.9 Å². The first-order chi connectivity index (χ1) is 10.6. The number of rotatable bonds is 4. The van der Waals surface area contributed by atoms with Crippen molar-refractivity contribution in [2.24, 2.45) is 11.1 Å². The highest BCUT2D eigenvalue weighted by Crippen LogP contribution is 2.52. The van der Waals surface area contributed by atoms with E-state index in [-0.39, 0.29) is 11.5 Å². The van der Waals surface area contributed by atoms with Crippen molar-refractivity contribution in [3.05, 3.63) is 46.2 Å². The number of hydrogen-bond donors (Lipinski definition) is 1. The van der Waals surface area contributed by atoms with Gasteiger partial charge in [0.15, 0.2) is 0 Å². The Morgan fingerprint density at radius 3 is 2.68 bits per heavy atom. The predicted molar refractivity (Wildman–Crippen MR) is 89.9 cm³/mol. The molecule has 1 aromatic carbocycles. The zero-order chi connectivity index (χ0) is 15.7. The van der Waals surface area contributed by atoms with Gasteiger partial charge in [0.1, 0.15) is 6.10 Å². The summed E-state index contributed by atoms with van der Waals surface area (Å²) < 4.78 is 5.51. The number of thiophene rings is 1. The summed E-state index contributed by atoms with van der Waals surface area (Å²) in [5, 5.41) is 4.24. The van der Waals surface area contributed by atoms with Gasteiger partial charge in [-0.15, -0.1) is 0 Å². The van der Waals surface area contributed by atoms with Crippen molar-refractivity contribution >= 4 is 17.4 Å².